The van der Waals surface area contributed by atoms with Crippen molar-refractivity contribution in [1.82, 2.24) is 4.98 Å². The van der Waals surface area contributed by atoms with Crippen LogP contribution in [0.5, 0.6) is 0 Å². The number of hydrogen-bond acceptors (Lipinski definition) is 2. The van der Waals surface area contributed by atoms with Gasteiger partial charge in [0.25, 0.3) is 6.43 Å². The highest BCUT2D eigenvalue weighted by molar-refractivity contribution is 14.1. The minimum Gasteiger partial charge on any atom is -0.230 e. The second kappa shape index (κ2) is 4.84. The topological polar surface area (TPSA) is 36.7 Å². The van der Waals surface area contributed by atoms with Crippen LogP contribution in [0.25, 0.3) is 0 Å². The van der Waals surface area contributed by atoms with E-state index in [1.807, 2.05) is 0 Å². The summed E-state index contributed by atoms with van der Waals surface area (Å²) in [6.45, 7) is 0. The summed E-state index contributed by atoms with van der Waals surface area (Å²) in [7, 11) is 0. The number of alkyl halides is 2. The first kappa shape index (κ1) is 11.6. The van der Waals surface area contributed by atoms with Crippen LogP contribution in [0.2, 0.25) is 5.15 Å². The number of pyridine rings is 1. The molecule has 1 aromatic heterocycles. The first-order chi connectivity index (χ1) is 6.56. The molecular weight excluding hydrogens is 324 g/mol. The van der Waals surface area contributed by atoms with Gasteiger partial charge in [0.15, 0.2) is 0 Å². The first-order valence-corrected chi connectivity index (χ1v) is 5.02. The van der Waals surface area contributed by atoms with E-state index in [2.05, 4.69) is 4.98 Å². The van der Waals surface area contributed by atoms with Crippen LogP contribution in [0.15, 0.2) is 6.07 Å². The van der Waals surface area contributed by atoms with Gasteiger partial charge in [-0.1, -0.05) is 11.6 Å². The molecule has 0 fully saturated rings. The van der Waals surface area contributed by atoms with E-state index in [4.69, 9.17) is 16.9 Å². The molecular formula is C8H4ClF2IN2. The zero-order valence-corrected chi connectivity index (χ0v) is 9.68. The van der Waals surface area contributed by atoms with E-state index >= 15 is 0 Å². The minimum atomic E-state index is -2.63. The lowest BCUT2D eigenvalue weighted by Gasteiger charge is -2.07. The summed E-state index contributed by atoms with van der Waals surface area (Å²) in [6.07, 6.45) is -2.78. The van der Waals surface area contributed by atoms with Crippen molar-refractivity contribution in [3.63, 3.8) is 0 Å². The molecule has 0 saturated carbocycles. The number of nitriles is 1. The van der Waals surface area contributed by atoms with E-state index in [1.165, 1.54) is 6.07 Å². The summed E-state index contributed by atoms with van der Waals surface area (Å²) in [4.78, 5) is 3.80. The summed E-state index contributed by atoms with van der Waals surface area (Å²) in [6, 6.07) is 3.02. The Morgan fingerprint density at radius 1 is 1.64 bits per heavy atom. The Morgan fingerprint density at radius 3 is 2.79 bits per heavy atom. The van der Waals surface area contributed by atoms with Crippen LogP contribution < -0.4 is 0 Å². The van der Waals surface area contributed by atoms with Crippen LogP contribution in [0.1, 0.15) is 17.6 Å². The number of rotatable bonds is 2. The lowest BCUT2D eigenvalue weighted by Crippen LogP contribution is -1.99. The second-order valence-electron chi connectivity index (χ2n) is 2.44. The normalized spacial score (nSPS) is 10.3. The third-order valence-corrected chi connectivity index (χ3v) is 2.43. The second-order valence-corrected chi connectivity index (χ2v) is 3.90. The van der Waals surface area contributed by atoms with Gasteiger partial charge in [-0.2, -0.15) is 5.26 Å². The van der Waals surface area contributed by atoms with Gasteiger partial charge >= 0.3 is 0 Å². The van der Waals surface area contributed by atoms with E-state index in [1.54, 1.807) is 28.7 Å². The number of aromatic nitrogens is 1. The molecule has 0 N–H and O–H groups in total. The summed E-state index contributed by atoms with van der Waals surface area (Å²) < 4.78 is 25.4. The molecule has 0 aromatic carbocycles. The van der Waals surface area contributed by atoms with Gasteiger partial charge in [-0.3, -0.25) is 0 Å². The molecule has 0 aliphatic carbocycles. The zero-order chi connectivity index (χ0) is 10.7. The number of nitrogens with zero attached hydrogens (tertiary/aromatic N) is 2. The SMILES string of the molecule is N#CCc1c(C(F)F)cc(I)nc1Cl. The molecule has 0 amide bonds. The summed E-state index contributed by atoms with van der Waals surface area (Å²) in [5.74, 6) is 0. The molecule has 1 aromatic rings. The number of halogens is 4. The van der Waals surface area contributed by atoms with Crippen LogP contribution >= 0.6 is 34.2 Å². The van der Waals surface area contributed by atoms with Crippen molar-refractivity contribution in [1.29, 1.82) is 5.26 Å². The average molecular weight is 328 g/mol. The Hall–Kier alpha value is -0.480. The molecule has 0 aliphatic heterocycles. The third kappa shape index (κ3) is 2.51. The molecule has 0 aliphatic rings. The standard InChI is InChI=1S/C8H4ClF2IN2/c9-7-4(1-2-13)5(8(10)11)3-6(12)14-7/h3,8H,1H2. The van der Waals surface area contributed by atoms with Crippen LogP contribution in [-0.2, 0) is 6.42 Å². The predicted molar refractivity (Wildman–Crippen MR) is 56.2 cm³/mol. The largest absolute Gasteiger partial charge is 0.264 e. The molecule has 0 bridgehead atoms. The number of hydrogen-bond donors (Lipinski definition) is 0. The first-order valence-electron chi connectivity index (χ1n) is 3.56. The van der Waals surface area contributed by atoms with E-state index in [-0.39, 0.29) is 22.7 Å². The van der Waals surface area contributed by atoms with Crippen LogP contribution in [0.3, 0.4) is 0 Å². The molecule has 2 nitrogen and oxygen atoms in total. The van der Waals surface area contributed by atoms with Gasteiger partial charge in [0.05, 0.1) is 12.5 Å². The highest BCUT2D eigenvalue weighted by Gasteiger charge is 2.17. The highest BCUT2D eigenvalue weighted by Crippen LogP contribution is 2.28. The van der Waals surface area contributed by atoms with E-state index in [9.17, 15) is 8.78 Å². The van der Waals surface area contributed by atoms with Gasteiger partial charge in [-0.05, 0) is 28.7 Å². The fraction of sp³-hybridized carbons (Fsp3) is 0.250. The summed E-state index contributed by atoms with van der Waals surface area (Å²) in [5, 5.41) is 8.42. The van der Waals surface area contributed by atoms with E-state index in [0.717, 1.165) is 0 Å². The molecule has 0 radical (unpaired) electrons. The average Bonchev–Trinajstić information content (AvgIpc) is 2.09. The van der Waals surface area contributed by atoms with Gasteiger partial charge in [0, 0.05) is 11.1 Å². The molecule has 1 heterocycles. The minimum absolute atomic E-state index is 0.0197. The Balaban J connectivity index is 3.30. The quantitative estimate of drug-likeness (QED) is 0.617. The third-order valence-electron chi connectivity index (χ3n) is 1.57. The molecule has 1 rings (SSSR count). The van der Waals surface area contributed by atoms with Crippen LogP contribution in [0.4, 0.5) is 8.78 Å². The van der Waals surface area contributed by atoms with Gasteiger partial charge in [0.2, 0.25) is 0 Å². The summed E-state index contributed by atoms with van der Waals surface area (Å²) in [5.41, 5.74) is -0.0967. The van der Waals surface area contributed by atoms with Crippen LogP contribution in [-0.4, -0.2) is 4.98 Å². The van der Waals surface area contributed by atoms with Crippen molar-refractivity contribution in [3.05, 3.63) is 26.0 Å². The van der Waals surface area contributed by atoms with Gasteiger partial charge in [0.1, 0.15) is 8.85 Å². The van der Waals surface area contributed by atoms with Gasteiger partial charge in [-0.25, -0.2) is 13.8 Å². The van der Waals surface area contributed by atoms with Crippen molar-refractivity contribution in [2.24, 2.45) is 0 Å². The van der Waals surface area contributed by atoms with Gasteiger partial charge < -0.3 is 0 Å². The molecule has 0 atom stereocenters. The predicted octanol–water partition coefficient (Wildman–Crippen LogP) is 3.34. The molecule has 74 valence electrons. The van der Waals surface area contributed by atoms with Crippen molar-refractivity contribution < 1.29 is 8.78 Å². The fourth-order valence-corrected chi connectivity index (χ4v) is 1.96. The van der Waals surface area contributed by atoms with Crippen LogP contribution in [0, 0.1) is 15.0 Å². The fourth-order valence-electron chi connectivity index (χ4n) is 0.977. The van der Waals surface area contributed by atoms with E-state index in [0.29, 0.717) is 3.70 Å². The van der Waals surface area contributed by atoms with Crippen molar-refractivity contribution in [2.45, 2.75) is 12.8 Å². The summed E-state index contributed by atoms with van der Waals surface area (Å²) >= 11 is 7.45. The van der Waals surface area contributed by atoms with E-state index < -0.39 is 6.43 Å². The highest BCUT2D eigenvalue weighted by atomic mass is 127. The lowest BCUT2D eigenvalue weighted by atomic mass is 10.1. The molecule has 14 heavy (non-hydrogen) atoms. The van der Waals surface area contributed by atoms with Crippen molar-refractivity contribution >= 4 is 34.2 Å². The molecule has 0 saturated heterocycles. The van der Waals surface area contributed by atoms with Gasteiger partial charge in [-0.15, -0.1) is 0 Å². The zero-order valence-electron chi connectivity index (χ0n) is 6.77. The smallest absolute Gasteiger partial charge is 0.230 e. The van der Waals surface area contributed by atoms with Crippen molar-refractivity contribution in [2.75, 3.05) is 0 Å². The Kier molecular flexibility index (Phi) is 4.01. The maximum atomic E-state index is 12.5. The lowest BCUT2D eigenvalue weighted by molar-refractivity contribution is 0.150. The maximum Gasteiger partial charge on any atom is 0.264 e. The Bertz CT molecular complexity index is 390. The molecule has 6 heteroatoms. The molecule has 0 unspecified atom stereocenters. The monoisotopic (exact) mass is 328 g/mol. The Labute approximate surface area is 98.0 Å². The molecule has 0 spiro atoms. The maximum absolute atomic E-state index is 12.5. The Morgan fingerprint density at radius 2 is 2.29 bits per heavy atom. The van der Waals surface area contributed by atoms with Crippen molar-refractivity contribution in [3.8, 4) is 6.07 Å².